The topological polar surface area (TPSA) is 71.3 Å². The Morgan fingerprint density at radius 1 is 1.04 bits per heavy atom. The quantitative estimate of drug-likeness (QED) is 0.718. The first-order valence-electron chi connectivity index (χ1n) is 8.21. The smallest absolute Gasteiger partial charge is 0.269 e. The minimum absolute atomic E-state index is 0.133. The van der Waals surface area contributed by atoms with E-state index in [2.05, 4.69) is 17.8 Å². The number of hydrogen-bond acceptors (Lipinski definition) is 3. The second-order valence-corrected chi connectivity index (χ2v) is 5.99. The van der Waals surface area contributed by atoms with Crippen LogP contribution in [0.4, 0.5) is 0 Å². The molecular weight excluding hydrogens is 316 g/mol. The fourth-order valence-corrected chi connectivity index (χ4v) is 2.61. The molecular formula is C20H20N2O3. The van der Waals surface area contributed by atoms with Gasteiger partial charge in [-0.2, -0.15) is 0 Å². The zero-order chi connectivity index (χ0) is 17.8. The van der Waals surface area contributed by atoms with Gasteiger partial charge in [-0.3, -0.25) is 20.4 Å². The van der Waals surface area contributed by atoms with Gasteiger partial charge >= 0.3 is 0 Å². The number of fused-ring (bicyclic) bond motifs is 1. The van der Waals surface area contributed by atoms with Gasteiger partial charge in [0, 0.05) is 16.5 Å². The Bertz CT molecular complexity index is 910. The average molecular weight is 336 g/mol. The summed E-state index contributed by atoms with van der Waals surface area (Å²) < 4.78 is 5.49. The Labute approximate surface area is 146 Å². The van der Waals surface area contributed by atoms with Gasteiger partial charge in [0.05, 0.1) is 12.7 Å². The molecule has 2 N–H and O–H groups in total. The maximum absolute atomic E-state index is 12.1. The Hall–Kier alpha value is -3.08. The summed E-state index contributed by atoms with van der Waals surface area (Å²) in [6.07, 6.45) is 2.64. The number of hydrogen-bond donors (Lipinski definition) is 2. The summed E-state index contributed by atoms with van der Waals surface area (Å²) in [4.78, 5) is 24.1. The first-order chi connectivity index (χ1) is 12.1. The molecule has 5 heteroatoms. The van der Waals surface area contributed by atoms with Crippen molar-refractivity contribution in [3.8, 4) is 0 Å². The van der Waals surface area contributed by atoms with Crippen LogP contribution in [0.2, 0.25) is 0 Å². The number of hydrazine groups is 1. The largest absolute Gasteiger partial charge is 0.464 e. The molecule has 3 aromatic rings. The van der Waals surface area contributed by atoms with E-state index >= 15 is 0 Å². The second kappa shape index (κ2) is 7.21. The van der Waals surface area contributed by atoms with E-state index in [1.807, 2.05) is 37.3 Å². The molecule has 2 aromatic carbocycles. The molecule has 25 heavy (non-hydrogen) atoms. The van der Waals surface area contributed by atoms with Crippen molar-refractivity contribution in [2.24, 2.45) is 0 Å². The highest BCUT2D eigenvalue weighted by molar-refractivity contribution is 5.96. The molecule has 0 bridgehead atoms. The van der Waals surface area contributed by atoms with Gasteiger partial charge in [0.25, 0.3) is 5.91 Å². The van der Waals surface area contributed by atoms with Crippen molar-refractivity contribution in [3.63, 3.8) is 0 Å². The van der Waals surface area contributed by atoms with Crippen molar-refractivity contribution in [2.75, 3.05) is 0 Å². The lowest BCUT2D eigenvalue weighted by molar-refractivity contribution is -0.121. The zero-order valence-corrected chi connectivity index (χ0v) is 14.3. The summed E-state index contributed by atoms with van der Waals surface area (Å²) in [5, 5.41) is 0.930. The van der Waals surface area contributed by atoms with E-state index in [4.69, 9.17) is 4.42 Å². The predicted molar refractivity (Wildman–Crippen MR) is 96.1 cm³/mol. The molecule has 1 aromatic heterocycles. The van der Waals surface area contributed by atoms with Crippen LogP contribution in [-0.2, 0) is 17.6 Å². The van der Waals surface area contributed by atoms with Gasteiger partial charge in [-0.15, -0.1) is 0 Å². The molecule has 0 aliphatic carbocycles. The second-order valence-electron chi connectivity index (χ2n) is 5.99. The maximum atomic E-state index is 12.1. The molecule has 0 spiro atoms. The van der Waals surface area contributed by atoms with E-state index in [0.29, 0.717) is 5.56 Å². The molecule has 0 unspecified atom stereocenters. The SMILES string of the molecule is CCc1ccc2occ(CC(=O)NNC(=O)c3ccc(C)cc3)c2c1. The first kappa shape index (κ1) is 16.8. The van der Waals surface area contributed by atoms with Crippen molar-refractivity contribution in [2.45, 2.75) is 26.7 Å². The van der Waals surface area contributed by atoms with Gasteiger partial charge in [-0.05, 0) is 43.2 Å². The zero-order valence-electron chi connectivity index (χ0n) is 14.3. The molecule has 128 valence electrons. The summed E-state index contributed by atoms with van der Waals surface area (Å²) in [5.74, 6) is -0.649. The van der Waals surface area contributed by atoms with E-state index in [1.54, 1.807) is 18.4 Å². The van der Waals surface area contributed by atoms with Crippen molar-refractivity contribution >= 4 is 22.8 Å². The van der Waals surface area contributed by atoms with E-state index in [9.17, 15) is 9.59 Å². The number of furan rings is 1. The molecule has 0 saturated heterocycles. The third kappa shape index (κ3) is 3.88. The molecule has 0 saturated carbocycles. The number of amides is 2. The van der Waals surface area contributed by atoms with Crippen LogP contribution in [0.25, 0.3) is 11.0 Å². The van der Waals surface area contributed by atoms with Crippen molar-refractivity contribution in [1.82, 2.24) is 10.9 Å². The van der Waals surface area contributed by atoms with Gasteiger partial charge in [-0.1, -0.05) is 30.7 Å². The molecule has 5 nitrogen and oxygen atoms in total. The van der Waals surface area contributed by atoms with Crippen LogP contribution in [0.15, 0.2) is 53.1 Å². The fourth-order valence-electron chi connectivity index (χ4n) is 2.61. The first-order valence-corrected chi connectivity index (χ1v) is 8.21. The molecule has 1 heterocycles. The van der Waals surface area contributed by atoms with Crippen molar-refractivity contribution in [3.05, 3.63) is 71.0 Å². The number of aryl methyl sites for hydroxylation is 2. The fraction of sp³-hybridized carbons (Fsp3) is 0.200. The molecule has 0 aliphatic rings. The lowest BCUT2D eigenvalue weighted by Crippen LogP contribution is -2.42. The molecule has 0 atom stereocenters. The lowest BCUT2D eigenvalue weighted by Gasteiger charge is -2.07. The Morgan fingerprint density at radius 3 is 2.52 bits per heavy atom. The number of nitrogens with one attached hydrogen (secondary N) is 2. The number of carbonyl (C=O) groups excluding carboxylic acids is 2. The number of carbonyl (C=O) groups is 2. The minimum Gasteiger partial charge on any atom is -0.464 e. The highest BCUT2D eigenvalue weighted by Crippen LogP contribution is 2.23. The van der Waals surface area contributed by atoms with Crippen molar-refractivity contribution in [1.29, 1.82) is 0 Å². The Morgan fingerprint density at radius 2 is 1.80 bits per heavy atom. The highest BCUT2D eigenvalue weighted by Gasteiger charge is 2.12. The number of rotatable bonds is 4. The molecule has 0 fully saturated rings. The van der Waals surface area contributed by atoms with Gasteiger partial charge < -0.3 is 4.42 Å². The Kier molecular flexibility index (Phi) is 4.84. The van der Waals surface area contributed by atoms with E-state index in [0.717, 1.165) is 28.5 Å². The van der Waals surface area contributed by atoms with Gasteiger partial charge in [0.2, 0.25) is 5.91 Å². The molecule has 3 rings (SSSR count). The maximum Gasteiger partial charge on any atom is 0.269 e. The summed E-state index contributed by atoms with van der Waals surface area (Å²) >= 11 is 0. The third-order valence-corrected chi connectivity index (χ3v) is 4.11. The average Bonchev–Trinajstić information content (AvgIpc) is 3.02. The Balaban J connectivity index is 1.63. The van der Waals surface area contributed by atoms with E-state index in [1.165, 1.54) is 5.56 Å². The number of benzene rings is 2. The summed E-state index contributed by atoms with van der Waals surface area (Å²) in [7, 11) is 0. The summed E-state index contributed by atoms with van der Waals surface area (Å²) in [6.45, 7) is 4.02. The van der Waals surface area contributed by atoms with Crippen LogP contribution in [0.5, 0.6) is 0 Å². The molecule has 0 radical (unpaired) electrons. The van der Waals surface area contributed by atoms with Crippen molar-refractivity contribution < 1.29 is 14.0 Å². The van der Waals surface area contributed by atoms with Gasteiger partial charge in [-0.25, -0.2) is 0 Å². The molecule has 2 amide bonds. The van der Waals surface area contributed by atoms with Crippen LogP contribution in [-0.4, -0.2) is 11.8 Å². The van der Waals surface area contributed by atoms with E-state index < -0.39 is 0 Å². The highest BCUT2D eigenvalue weighted by atomic mass is 16.3. The minimum atomic E-state index is -0.348. The normalized spacial score (nSPS) is 10.6. The lowest BCUT2D eigenvalue weighted by atomic mass is 10.1. The monoisotopic (exact) mass is 336 g/mol. The third-order valence-electron chi connectivity index (χ3n) is 4.11. The van der Waals surface area contributed by atoms with Crippen LogP contribution >= 0.6 is 0 Å². The van der Waals surface area contributed by atoms with Gasteiger partial charge in [0.1, 0.15) is 5.58 Å². The summed E-state index contributed by atoms with van der Waals surface area (Å²) in [6, 6.07) is 13.1. The van der Waals surface area contributed by atoms with E-state index in [-0.39, 0.29) is 18.2 Å². The standard InChI is InChI=1S/C20H20N2O3/c1-3-14-6-9-18-17(10-14)16(12-25-18)11-19(23)21-22-20(24)15-7-4-13(2)5-8-15/h4-10,12H,3,11H2,1-2H3,(H,21,23)(H,22,24). The predicted octanol–water partition coefficient (Wildman–Crippen LogP) is 3.31. The summed E-state index contributed by atoms with van der Waals surface area (Å²) in [5.41, 5.74) is 9.18. The van der Waals surface area contributed by atoms with Crippen LogP contribution in [0, 0.1) is 6.92 Å². The van der Waals surface area contributed by atoms with Crippen LogP contribution in [0.3, 0.4) is 0 Å². The van der Waals surface area contributed by atoms with Crippen LogP contribution in [0.1, 0.15) is 34.0 Å². The molecule has 0 aliphatic heterocycles. The van der Waals surface area contributed by atoms with Gasteiger partial charge in [0.15, 0.2) is 0 Å². The van der Waals surface area contributed by atoms with Crippen LogP contribution < -0.4 is 10.9 Å².